The van der Waals surface area contributed by atoms with Gasteiger partial charge in [0, 0.05) is 13.0 Å². The Morgan fingerprint density at radius 3 is 2.64 bits per heavy atom. The van der Waals surface area contributed by atoms with Gasteiger partial charge in [0.2, 0.25) is 0 Å². The van der Waals surface area contributed by atoms with E-state index in [4.69, 9.17) is 0 Å². The van der Waals surface area contributed by atoms with E-state index in [0.29, 0.717) is 30.0 Å². The third-order valence-corrected chi connectivity index (χ3v) is 3.63. The molecule has 114 valence electrons. The lowest BCUT2D eigenvalue weighted by Gasteiger charge is -2.03. The smallest absolute Gasteiger partial charge is 0.330 e. The second-order valence-electron chi connectivity index (χ2n) is 5.31. The third-order valence-electron chi connectivity index (χ3n) is 3.63. The molecular formula is C16H18N4O2. The van der Waals surface area contributed by atoms with E-state index in [1.54, 1.807) is 0 Å². The summed E-state index contributed by atoms with van der Waals surface area (Å²) in [4.78, 5) is 33.8. The first-order valence-corrected chi connectivity index (χ1v) is 7.44. The summed E-state index contributed by atoms with van der Waals surface area (Å²) in [5, 5.41) is 0. The first-order chi connectivity index (χ1) is 10.7. The van der Waals surface area contributed by atoms with Gasteiger partial charge < -0.3 is 4.98 Å². The number of hydrogen-bond acceptors (Lipinski definition) is 3. The van der Waals surface area contributed by atoms with Gasteiger partial charge >= 0.3 is 5.69 Å². The fourth-order valence-electron chi connectivity index (χ4n) is 2.49. The summed E-state index contributed by atoms with van der Waals surface area (Å²) in [6.07, 6.45) is 2.42. The topological polar surface area (TPSA) is 83.5 Å². The van der Waals surface area contributed by atoms with Crippen molar-refractivity contribution in [1.29, 1.82) is 0 Å². The molecule has 0 saturated heterocycles. The van der Waals surface area contributed by atoms with Crippen molar-refractivity contribution in [2.45, 2.75) is 32.7 Å². The van der Waals surface area contributed by atoms with Gasteiger partial charge in [-0.1, -0.05) is 43.7 Å². The number of H-pyrrole nitrogens is 2. The van der Waals surface area contributed by atoms with Gasteiger partial charge in [0.05, 0.1) is 0 Å². The highest BCUT2D eigenvalue weighted by molar-refractivity contribution is 5.69. The summed E-state index contributed by atoms with van der Waals surface area (Å²) in [6.45, 7) is 2.61. The summed E-state index contributed by atoms with van der Waals surface area (Å²) >= 11 is 0. The Hall–Kier alpha value is -2.63. The van der Waals surface area contributed by atoms with Crippen LogP contribution in [0.3, 0.4) is 0 Å². The summed E-state index contributed by atoms with van der Waals surface area (Å²) in [7, 11) is 0. The van der Waals surface area contributed by atoms with E-state index in [2.05, 4.69) is 21.9 Å². The number of hydrogen-bond donors (Lipinski definition) is 2. The van der Waals surface area contributed by atoms with Crippen LogP contribution < -0.4 is 11.2 Å². The van der Waals surface area contributed by atoms with E-state index in [0.717, 1.165) is 18.4 Å². The Morgan fingerprint density at radius 2 is 1.91 bits per heavy atom. The number of imidazole rings is 1. The highest BCUT2D eigenvalue weighted by Crippen LogP contribution is 2.10. The minimum Gasteiger partial charge on any atom is -0.336 e. The van der Waals surface area contributed by atoms with Gasteiger partial charge in [-0.25, -0.2) is 9.78 Å². The van der Waals surface area contributed by atoms with Crippen LogP contribution in [0.25, 0.3) is 11.2 Å². The van der Waals surface area contributed by atoms with Crippen molar-refractivity contribution in [3.05, 3.63) is 62.6 Å². The zero-order chi connectivity index (χ0) is 15.5. The predicted molar refractivity (Wildman–Crippen MR) is 85.1 cm³/mol. The molecule has 2 aromatic heterocycles. The molecule has 0 aliphatic heterocycles. The van der Waals surface area contributed by atoms with E-state index in [1.165, 1.54) is 4.57 Å². The molecule has 0 atom stereocenters. The number of nitrogens with one attached hydrogen (secondary N) is 2. The molecule has 22 heavy (non-hydrogen) atoms. The molecule has 0 amide bonds. The van der Waals surface area contributed by atoms with Gasteiger partial charge in [0.15, 0.2) is 5.65 Å². The van der Waals surface area contributed by atoms with Crippen molar-refractivity contribution in [3.63, 3.8) is 0 Å². The number of rotatable bonds is 5. The molecule has 0 unspecified atom stereocenters. The number of benzene rings is 1. The van der Waals surface area contributed by atoms with Gasteiger partial charge in [-0.2, -0.15) is 0 Å². The number of fused-ring (bicyclic) bond motifs is 1. The number of aryl methyl sites for hydroxylation is 1. The molecular weight excluding hydrogens is 280 g/mol. The lowest BCUT2D eigenvalue weighted by atomic mass is 10.1. The molecule has 0 radical (unpaired) electrons. The van der Waals surface area contributed by atoms with E-state index >= 15 is 0 Å². The molecule has 2 heterocycles. The molecule has 0 aliphatic carbocycles. The Balaban J connectivity index is 2.06. The van der Waals surface area contributed by atoms with Crippen molar-refractivity contribution in [3.8, 4) is 0 Å². The second-order valence-corrected chi connectivity index (χ2v) is 5.31. The highest BCUT2D eigenvalue weighted by atomic mass is 16.2. The molecule has 3 rings (SSSR count). The highest BCUT2D eigenvalue weighted by Gasteiger charge is 2.12. The number of aromatic nitrogens is 4. The maximum absolute atomic E-state index is 12.0. The van der Waals surface area contributed by atoms with Crippen molar-refractivity contribution < 1.29 is 0 Å². The molecule has 0 bridgehead atoms. The van der Waals surface area contributed by atoms with E-state index in [9.17, 15) is 9.59 Å². The van der Waals surface area contributed by atoms with Crippen molar-refractivity contribution >= 4 is 11.2 Å². The predicted octanol–water partition coefficient (Wildman–Crippen LogP) is 1.80. The average Bonchev–Trinajstić information content (AvgIpc) is 2.92. The van der Waals surface area contributed by atoms with Crippen LogP contribution in [0.2, 0.25) is 0 Å². The molecule has 6 nitrogen and oxygen atoms in total. The normalized spacial score (nSPS) is 11.1. The van der Waals surface area contributed by atoms with E-state index in [-0.39, 0.29) is 0 Å². The largest absolute Gasteiger partial charge is 0.336 e. The van der Waals surface area contributed by atoms with Crippen molar-refractivity contribution in [2.24, 2.45) is 0 Å². The maximum Gasteiger partial charge on any atom is 0.330 e. The van der Waals surface area contributed by atoms with Crippen LogP contribution in [-0.2, 0) is 13.0 Å². The number of nitrogens with zero attached hydrogens (tertiary/aromatic N) is 2. The Labute approximate surface area is 126 Å². The SMILES string of the molecule is CCCCn1c(=O)[nH]c(=O)c2[nH]c(Cc3ccccc3)nc21. The lowest BCUT2D eigenvalue weighted by molar-refractivity contribution is 0.613. The minimum absolute atomic E-state index is 0.363. The zero-order valence-electron chi connectivity index (χ0n) is 12.4. The molecule has 6 heteroatoms. The van der Waals surface area contributed by atoms with Crippen LogP contribution in [0.4, 0.5) is 0 Å². The van der Waals surface area contributed by atoms with E-state index < -0.39 is 11.2 Å². The number of aromatic amines is 2. The minimum atomic E-state index is -0.417. The van der Waals surface area contributed by atoms with E-state index in [1.807, 2.05) is 30.3 Å². The quantitative estimate of drug-likeness (QED) is 0.753. The van der Waals surface area contributed by atoms with Gasteiger partial charge in [0.1, 0.15) is 11.3 Å². The second kappa shape index (κ2) is 6.01. The summed E-state index contributed by atoms with van der Waals surface area (Å²) in [5.41, 5.74) is 1.08. The van der Waals surface area contributed by atoms with Crippen LogP contribution >= 0.6 is 0 Å². The molecule has 1 aromatic carbocycles. The van der Waals surface area contributed by atoms with Gasteiger partial charge in [-0.15, -0.1) is 0 Å². The van der Waals surface area contributed by atoms with Crippen LogP contribution in [0.15, 0.2) is 39.9 Å². The molecule has 0 spiro atoms. The summed E-state index contributed by atoms with van der Waals surface area (Å²) < 4.78 is 1.53. The monoisotopic (exact) mass is 298 g/mol. The molecule has 0 fully saturated rings. The average molecular weight is 298 g/mol. The van der Waals surface area contributed by atoms with Crippen LogP contribution in [-0.4, -0.2) is 19.5 Å². The lowest BCUT2D eigenvalue weighted by Crippen LogP contribution is -2.30. The van der Waals surface area contributed by atoms with Gasteiger partial charge in [-0.05, 0) is 12.0 Å². The maximum atomic E-state index is 12.0. The molecule has 0 saturated carbocycles. The Morgan fingerprint density at radius 1 is 1.14 bits per heavy atom. The first-order valence-electron chi connectivity index (χ1n) is 7.44. The third kappa shape index (κ3) is 2.72. The van der Waals surface area contributed by atoms with Crippen LogP contribution in [0.5, 0.6) is 0 Å². The summed E-state index contributed by atoms with van der Waals surface area (Å²) in [5.74, 6) is 0.683. The molecule has 0 aliphatic rings. The van der Waals surface area contributed by atoms with Gasteiger partial charge in [0.25, 0.3) is 5.56 Å². The fraction of sp³-hybridized carbons (Fsp3) is 0.312. The first kappa shape index (κ1) is 14.3. The van der Waals surface area contributed by atoms with Crippen LogP contribution in [0.1, 0.15) is 31.2 Å². The molecule has 3 aromatic rings. The fourth-order valence-corrected chi connectivity index (χ4v) is 2.49. The van der Waals surface area contributed by atoms with Crippen molar-refractivity contribution in [2.75, 3.05) is 0 Å². The zero-order valence-corrected chi connectivity index (χ0v) is 12.4. The molecule has 2 N–H and O–H groups in total. The summed E-state index contributed by atoms with van der Waals surface area (Å²) in [6, 6.07) is 9.88. The van der Waals surface area contributed by atoms with Crippen molar-refractivity contribution in [1.82, 2.24) is 19.5 Å². The van der Waals surface area contributed by atoms with Gasteiger partial charge in [-0.3, -0.25) is 14.3 Å². The Bertz CT molecular complexity index is 890. The van der Waals surface area contributed by atoms with Crippen LogP contribution in [0, 0.1) is 0 Å². The Kier molecular flexibility index (Phi) is 3.91. The number of unbranched alkanes of at least 4 members (excludes halogenated alkanes) is 1. The standard InChI is InChI=1S/C16H18N4O2/c1-2-3-9-20-14-13(15(21)19-16(20)22)17-12(18-14)10-11-7-5-4-6-8-11/h4-8H,2-3,9-10H2,1H3,(H,17,18)(H,19,21,22).